The van der Waals surface area contributed by atoms with Gasteiger partial charge in [0.2, 0.25) is 0 Å². The predicted octanol–water partition coefficient (Wildman–Crippen LogP) is 3.23. The van der Waals surface area contributed by atoms with Gasteiger partial charge in [-0.15, -0.1) is 0 Å². The molecule has 0 bridgehead atoms. The van der Waals surface area contributed by atoms with Gasteiger partial charge in [0.05, 0.1) is 0 Å². The Balaban J connectivity index is 1.71. The van der Waals surface area contributed by atoms with E-state index in [1.807, 2.05) is 6.07 Å². The summed E-state index contributed by atoms with van der Waals surface area (Å²) in [7, 11) is 0. The molecule has 0 spiro atoms. The molecular weight excluding hydrogens is 196 g/mol. The lowest BCUT2D eigenvalue weighted by molar-refractivity contribution is -0.124. The van der Waals surface area contributed by atoms with Gasteiger partial charge in [0.15, 0.2) is 0 Å². The van der Waals surface area contributed by atoms with E-state index in [0.29, 0.717) is 17.6 Å². The van der Waals surface area contributed by atoms with Crippen molar-refractivity contribution in [2.45, 2.75) is 32.1 Å². The summed E-state index contributed by atoms with van der Waals surface area (Å²) in [5.41, 5.74) is 1.32. The molecule has 2 aliphatic rings. The van der Waals surface area contributed by atoms with Crippen molar-refractivity contribution in [2.24, 2.45) is 17.8 Å². The number of carbonyl (C=O) groups excluding carboxylic acids is 1. The number of ketones is 1. The van der Waals surface area contributed by atoms with Crippen LogP contribution in [0.4, 0.5) is 0 Å². The Hall–Kier alpha value is -1.11. The average Bonchev–Trinajstić information content (AvgIpc) is 3.07. The van der Waals surface area contributed by atoms with Crippen LogP contribution in [0.1, 0.15) is 31.2 Å². The van der Waals surface area contributed by atoms with Gasteiger partial charge in [-0.3, -0.25) is 4.79 Å². The molecule has 3 atom stereocenters. The first-order chi connectivity index (χ1) is 7.84. The predicted molar refractivity (Wildman–Crippen MR) is 64.1 cm³/mol. The molecule has 0 unspecified atom stereocenters. The van der Waals surface area contributed by atoms with Crippen LogP contribution in [0, 0.1) is 17.8 Å². The lowest BCUT2D eigenvalue weighted by Crippen LogP contribution is -2.18. The van der Waals surface area contributed by atoms with E-state index in [2.05, 4.69) is 24.3 Å². The Morgan fingerprint density at radius 3 is 2.75 bits per heavy atom. The molecule has 84 valence electrons. The minimum Gasteiger partial charge on any atom is -0.299 e. The standard InChI is InChI=1S/C15H18O/c16-15-13(8-4-7-12-10-14(12)15)9-11-5-2-1-3-6-11/h1-3,5-6,12-14H,4,7-10H2/t12-,13-,14+/m1/s1. The first-order valence-corrected chi connectivity index (χ1v) is 6.42. The highest BCUT2D eigenvalue weighted by atomic mass is 16.1. The van der Waals surface area contributed by atoms with Crippen LogP contribution in [-0.2, 0) is 11.2 Å². The van der Waals surface area contributed by atoms with Crippen molar-refractivity contribution in [3.63, 3.8) is 0 Å². The first kappa shape index (κ1) is 10.1. The van der Waals surface area contributed by atoms with Crippen molar-refractivity contribution >= 4 is 5.78 Å². The normalized spacial score (nSPS) is 33.0. The van der Waals surface area contributed by atoms with E-state index in [0.717, 1.165) is 18.8 Å². The van der Waals surface area contributed by atoms with Gasteiger partial charge < -0.3 is 0 Å². The fourth-order valence-electron chi connectivity index (χ4n) is 3.09. The van der Waals surface area contributed by atoms with Crippen molar-refractivity contribution in [1.29, 1.82) is 0 Å². The molecule has 0 radical (unpaired) electrons. The molecule has 1 heteroatoms. The van der Waals surface area contributed by atoms with E-state index in [-0.39, 0.29) is 0 Å². The summed E-state index contributed by atoms with van der Waals surface area (Å²) in [6, 6.07) is 10.5. The molecule has 16 heavy (non-hydrogen) atoms. The Morgan fingerprint density at radius 2 is 1.94 bits per heavy atom. The monoisotopic (exact) mass is 214 g/mol. The van der Waals surface area contributed by atoms with Gasteiger partial charge in [0, 0.05) is 11.8 Å². The van der Waals surface area contributed by atoms with Gasteiger partial charge >= 0.3 is 0 Å². The highest BCUT2D eigenvalue weighted by molar-refractivity contribution is 5.86. The second-order valence-corrected chi connectivity index (χ2v) is 5.32. The van der Waals surface area contributed by atoms with Crippen molar-refractivity contribution in [3.05, 3.63) is 35.9 Å². The maximum absolute atomic E-state index is 12.2. The van der Waals surface area contributed by atoms with Gasteiger partial charge in [0.1, 0.15) is 5.78 Å². The molecular formula is C15H18O. The van der Waals surface area contributed by atoms with E-state index in [9.17, 15) is 4.79 Å². The van der Waals surface area contributed by atoms with Gasteiger partial charge in [-0.1, -0.05) is 36.8 Å². The molecule has 2 saturated carbocycles. The summed E-state index contributed by atoms with van der Waals surface area (Å²) in [5.74, 6) is 2.07. The van der Waals surface area contributed by atoms with E-state index in [4.69, 9.17) is 0 Å². The zero-order valence-electron chi connectivity index (χ0n) is 9.56. The molecule has 0 amide bonds. The maximum Gasteiger partial charge on any atom is 0.139 e. The summed E-state index contributed by atoms with van der Waals surface area (Å²) in [5, 5.41) is 0. The molecule has 0 N–H and O–H groups in total. The molecule has 0 saturated heterocycles. The largest absolute Gasteiger partial charge is 0.299 e. The van der Waals surface area contributed by atoms with Crippen LogP contribution in [0.2, 0.25) is 0 Å². The third-order valence-corrected chi connectivity index (χ3v) is 4.14. The van der Waals surface area contributed by atoms with Crippen LogP contribution < -0.4 is 0 Å². The Kier molecular flexibility index (Phi) is 2.55. The number of benzene rings is 1. The molecule has 1 nitrogen and oxygen atoms in total. The van der Waals surface area contributed by atoms with Crippen molar-refractivity contribution in [1.82, 2.24) is 0 Å². The third-order valence-electron chi connectivity index (χ3n) is 4.14. The first-order valence-electron chi connectivity index (χ1n) is 6.42. The van der Waals surface area contributed by atoms with Crippen molar-refractivity contribution in [3.8, 4) is 0 Å². The minimum absolute atomic E-state index is 0.305. The van der Waals surface area contributed by atoms with Crippen LogP contribution in [0.15, 0.2) is 30.3 Å². The second kappa shape index (κ2) is 4.04. The van der Waals surface area contributed by atoms with Crippen LogP contribution >= 0.6 is 0 Å². The zero-order chi connectivity index (χ0) is 11.0. The number of hydrogen-bond acceptors (Lipinski definition) is 1. The summed E-state index contributed by atoms with van der Waals surface area (Å²) in [6.45, 7) is 0. The van der Waals surface area contributed by atoms with Gasteiger partial charge in [-0.05, 0) is 37.2 Å². The van der Waals surface area contributed by atoms with Crippen LogP contribution in [0.3, 0.4) is 0 Å². The van der Waals surface area contributed by atoms with Crippen LogP contribution in [-0.4, -0.2) is 5.78 Å². The minimum atomic E-state index is 0.305. The summed E-state index contributed by atoms with van der Waals surface area (Å²) >= 11 is 0. The Morgan fingerprint density at radius 1 is 1.12 bits per heavy atom. The number of Topliss-reactive ketones (excluding diaryl/α,β-unsaturated/α-hetero) is 1. The molecule has 2 fully saturated rings. The number of rotatable bonds is 2. The second-order valence-electron chi connectivity index (χ2n) is 5.32. The summed E-state index contributed by atoms with van der Waals surface area (Å²) in [6.07, 6.45) is 5.81. The fraction of sp³-hybridized carbons (Fsp3) is 0.533. The molecule has 0 heterocycles. The summed E-state index contributed by atoms with van der Waals surface area (Å²) < 4.78 is 0. The number of fused-ring (bicyclic) bond motifs is 1. The maximum atomic E-state index is 12.2. The zero-order valence-corrected chi connectivity index (χ0v) is 9.56. The van der Waals surface area contributed by atoms with E-state index in [1.54, 1.807) is 0 Å². The molecule has 1 aromatic rings. The molecule has 1 aromatic carbocycles. The Bertz CT molecular complexity index is 382. The van der Waals surface area contributed by atoms with Gasteiger partial charge in [-0.2, -0.15) is 0 Å². The third kappa shape index (κ3) is 1.91. The van der Waals surface area contributed by atoms with E-state index < -0.39 is 0 Å². The number of hydrogen-bond donors (Lipinski definition) is 0. The average molecular weight is 214 g/mol. The highest BCUT2D eigenvalue weighted by Gasteiger charge is 2.46. The fourth-order valence-corrected chi connectivity index (χ4v) is 3.09. The van der Waals surface area contributed by atoms with Crippen molar-refractivity contribution < 1.29 is 4.79 Å². The van der Waals surface area contributed by atoms with Gasteiger partial charge in [0.25, 0.3) is 0 Å². The van der Waals surface area contributed by atoms with Crippen LogP contribution in [0.25, 0.3) is 0 Å². The van der Waals surface area contributed by atoms with E-state index >= 15 is 0 Å². The Labute approximate surface area is 96.9 Å². The lowest BCUT2D eigenvalue weighted by atomic mass is 9.90. The van der Waals surface area contributed by atoms with Gasteiger partial charge in [-0.25, -0.2) is 0 Å². The molecule has 2 aliphatic carbocycles. The molecule has 3 rings (SSSR count). The highest BCUT2D eigenvalue weighted by Crippen LogP contribution is 2.47. The van der Waals surface area contributed by atoms with E-state index in [1.165, 1.54) is 24.8 Å². The molecule has 0 aromatic heterocycles. The van der Waals surface area contributed by atoms with Crippen molar-refractivity contribution in [2.75, 3.05) is 0 Å². The lowest BCUT2D eigenvalue weighted by Gasteiger charge is -2.13. The van der Waals surface area contributed by atoms with Crippen LogP contribution in [0.5, 0.6) is 0 Å². The topological polar surface area (TPSA) is 17.1 Å². The SMILES string of the molecule is O=C1[C@@H](Cc2ccccc2)CCC[C@@H]2C[C@H]12. The number of carbonyl (C=O) groups is 1. The summed E-state index contributed by atoms with van der Waals surface area (Å²) in [4.78, 5) is 12.2. The molecule has 0 aliphatic heterocycles. The quantitative estimate of drug-likeness (QED) is 0.738. The smallest absolute Gasteiger partial charge is 0.139 e.